The maximum Gasteiger partial charge on any atom is 0.264 e. The summed E-state index contributed by atoms with van der Waals surface area (Å²) in [6, 6.07) is 16.5. The van der Waals surface area contributed by atoms with Crippen molar-refractivity contribution in [2.45, 2.75) is 44.2 Å². The first kappa shape index (κ1) is 33.0. The second kappa shape index (κ2) is 15.1. The fraction of sp³-hybridized carbons (Fsp3) is 0.333. The molecular formula is C30H35Cl2N3O6S. The Balaban J connectivity index is 2.10. The molecule has 2 amide bonds. The smallest absolute Gasteiger partial charge is 0.264 e. The van der Waals surface area contributed by atoms with Crippen LogP contribution in [-0.4, -0.2) is 58.5 Å². The number of para-hydroxylation sites is 1. The van der Waals surface area contributed by atoms with E-state index in [0.717, 1.165) is 4.31 Å². The number of halogens is 2. The first-order valence-electron chi connectivity index (χ1n) is 13.4. The van der Waals surface area contributed by atoms with E-state index in [4.69, 9.17) is 32.7 Å². The molecule has 0 aliphatic rings. The summed E-state index contributed by atoms with van der Waals surface area (Å²) in [6.07, 6.45) is 0.981. The highest BCUT2D eigenvalue weighted by Crippen LogP contribution is 2.33. The van der Waals surface area contributed by atoms with E-state index in [2.05, 4.69) is 5.32 Å². The van der Waals surface area contributed by atoms with Gasteiger partial charge in [-0.3, -0.25) is 13.9 Å². The lowest BCUT2D eigenvalue weighted by Gasteiger charge is -2.33. The molecule has 42 heavy (non-hydrogen) atoms. The Bertz CT molecular complexity index is 1470. The molecule has 0 bridgehead atoms. The molecule has 3 rings (SSSR count). The van der Waals surface area contributed by atoms with Crippen molar-refractivity contribution in [2.24, 2.45) is 0 Å². The summed E-state index contributed by atoms with van der Waals surface area (Å²) in [6.45, 7) is 3.42. The number of nitrogens with zero attached hydrogens (tertiary/aromatic N) is 2. The Morgan fingerprint density at radius 3 is 2.12 bits per heavy atom. The summed E-state index contributed by atoms with van der Waals surface area (Å²) >= 11 is 12.9. The molecule has 0 heterocycles. The van der Waals surface area contributed by atoms with Crippen molar-refractivity contribution in [1.29, 1.82) is 0 Å². The number of rotatable bonds is 14. The molecule has 3 aromatic carbocycles. The Kier molecular flexibility index (Phi) is 11.9. The van der Waals surface area contributed by atoms with Crippen LogP contribution >= 0.6 is 23.2 Å². The zero-order chi connectivity index (χ0) is 30.9. The SMILES string of the molecule is CCCNC(=O)[C@H](CC)N(Cc1c(Cl)cccc1Cl)C(=O)CN(c1ccccc1)S(=O)(=O)c1ccc(OC)c(OC)c1. The highest BCUT2D eigenvalue weighted by atomic mass is 35.5. The van der Waals surface area contributed by atoms with Gasteiger partial charge in [0.2, 0.25) is 11.8 Å². The highest BCUT2D eigenvalue weighted by Gasteiger charge is 2.34. The topological polar surface area (TPSA) is 105 Å². The van der Waals surface area contributed by atoms with Gasteiger partial charge >= 0.3 is 0 Å². The van der Waals surface area contributed by atoms with Crippen molar-refractivity contribution >= 4 is 50.7 Å². The lowest BCUT2D eigenvalue weighted by atomic mass is 10.1. The molecule has 0 aromatic heterocycles. The van der Waals surface area contributed by atoms with Crippen LogP contribution in [0.25, 0.3) is 0 Å². The molecule has 9 nitrogen and oxygen atoms in total. The molecule has 0 unspecified atom stereocenters. The van der Waals surface area contributed by atoms with E-state index in [-0.39, 0.29) is 35.2 Å². The van der Waals surface area contributed by atoms with E-state index in [9.17, 15) is 18.0 Å². The van der Waals surface area contributed by atoms with Gasteiger partial charge in [0.25, 0.3) is 10.0 Å². The van der Waals surface area contributed by atoms with Gasteiger partial charge in [-0.15, -0.1) is 0 Å². The maximum atomic E-state index is 14.1. The molecule has 0 fully saturated rings. The molecule has 226 valence electrons. The minimum atomic E-state index is -4.30. The minimum absolute atomic E-state index is 0.103. The average Bonchev–Trinajstić information content (AvgIpc) is 2.99. The lowest BCUT2D eigenvalue weighted by Crippen LogP contribution is -2.52. The van der Waals surface area contributed by atoms with E-state index in [0.29, 0.717) is 34.3 Å². The van der Waals surface area contributed by atoms with Crippen molar-refractivity contribution < 1.29 is 27.5 Å². The summed E-state index contributed by atoms with van der Waals surface area (Å²) < 4.78 is 39.7. The maximum absolute atomic E-state index is 14.1. The summed E-state index contributed by atoms with van der Waals surface area (Å²) in [7, 11) is -1.45. The van der Waals surface area contributed by atoms with Crippen LogP contribution in [0, 0.1) is 0 Å². The monoisotopic (exact) mass is 635 g/mol. The summed E-state index contributed by atoms with van der Waals surface area (Å²) in [5, 5.41) is 3.48. The van der Waals surface area contributed by atoms with Gasteiger partial charge in [-0.1, -0.05) is 61.3 Å². The van der Waals surface area contributed by atoms with Crippen molar-refractivity contribution in [3.63, 3.8) is 0 Å². The molecule has 3 aromatic rings. The second-order valence-electron chi connectivity index (χ2n) is 9.30. The largest absolute Gasteiger partial charge is 0.493 e. The number of hydrogen-bond acceptors (Lipinski definition) is 6. The molecule has 0 aliphatic carbocycles. The summed E-state index contributed by atoms with van der Waals surface area (Å²) in [5.74, 6) is -0.403. The van der Waals surface area contributed by atoms with E-state index >= 15 is 0 Å². The summed E-state index contributed by atoms with van der Waals surface area (Å²) in [4.78, 5) is 28.6. The quantitative estimate of drug-likeness (QED) is 0.249. The number of methoxy groups -OCH3 is 2. The van der Waals surface area contributed by atoms with Crippen LogP contribution in [0.4, 0.5) is 5.69 Å². The van der Waals surface area contributed by atoms with Crippen LogP contribution in [0.1, 0.15) is 32.3 Å². The van der Waals surface area contributed by atoms with Gasteiger partial charge in [0, 0.05) is 34.8 Å². The van der Waals surface area contributed by atoms with Crippen molar-refractivity contribution in [3.8, 4) is 11.5 Å². The molecular weight excluding hydrogens is 601 g/mol. The van der Waals surface area contributed by atoms with Gasteiger partial charge < -0.3 is 19.7 Å². The van der Waals surface area contributed by atoms with Crippen molar-refractivity contribution in [3.05, 3.63) is 82.3 Å². The first-order chi connectivity index (χ1) is 20.1. The molecule has 0 spiro atoms. The predicted molar refractivity (Wildman–Crippen MR) is 165 cm³/mol. The van der Waals surface area contributed by atoms with Gasteiger partial charge in [-0.05, 0) is 49.2 Å². The normalized spacial score (nSPS) is 11.9. The number of nitrogens with one attached hydrogen (secondary N) is 1. The predicted octanol–water partition coefficient (Wildman–Crippen LogP) is 5.54. The van der Waals surface area contributed by atoms with Gasteiger partial charge in [-0.2, -0.15) is 0 Å². The number of carbonyl (C=O) groups excluding carboxylic acids is 2. The molecule has 0 saturated heterocycles. The third kappa shape index (κ3) is 7.67. The average molecular weight is 637 g/mol. The zero-order valence-electron chi connectivity index (χ0n) is 24.0. The Morgan fingerprint density at radius 2 is 1.55 bits per heavy atom. The number of benzene rings is 3. The van der Waals surface area contributed by atoms with Gasteiger partial charge in [0.15, 0.2) is 11.5 Å². The third-order valence-electron chi connectivity index (χ3n) is 6.59. The number of carbonyl (C=O) groups is 2. The molecule has 1 atom stereocenters. The van der Waals surface area contributed by atoms with Gasteiger partial charge in [-0.25, -0.2) is 8.42 Å². The molecule has 0 radical (unpaired) electrons. The van der Waals surface area contributed by atoms with Crippen molar-refractivity contribution in [2.75, 3.05) is 31.6 Å². The van der Waals surface area contributed by atoms with E-state index in [1.807, 2.05) is 6.92 Å². The second-order valence-corrected chi connectivity index (χ2v) is 12.0. The van der Waals surface area contributed by atoms with Crippen molar-refractivity contribution in [1.82, 2.24) is 10.2 Å². The van der Waals surface area contributed by atoms with E-state index in [1.54, 1.807) is 55.5 Å². The molecule has 1 N–H and O–H groups in total. The Hall–Kier alpha value is -3.47. The van der Waals surface area contributed by atoms with Gasteiger partial charge in [0.05, 0.1) is 24.8 Å². The molecule has 0 aliphatic heterocycles. The van der Waals surface area contributed by atoms with Crippen LogP contribution < -0.4 is 19.1 Å². The highest BCUT2D eigenvalue weighted by molar-refractivity contribution is 7.92. The van der Waals surface area contributed by atoms with Gasteiger partial charge in [0.1, 0.15) is 12.6 Å². The number of ether oxygens (including phenoxy) is 2. The fourth-order valence-corrected chi connectivity index (χ4v) is 6.31. The minimum Gasteiger partial charge on any atom is -0.493 e. The number of anilines is 1. The van der Waals surface area contributed by atoms with E-state index < -0.39 is 28.5 Å². The Morgan fingerprint density at radius 1 is 0.905 bits per heavy atom. The Labute approximate surface area is 257 Å². The number of sulfonamides is 1. The van der Waals surface area contributed by atoms with Crippen LogP contribution in [0.15, 0.2) is 71.6 Å². The summed E-state index contributed by atoms with van der Waals surface area (Å²) in [5.41, 5.74) is 0.713. The van der Waals surface area contributed by atoms with Crippen LogP contribution in [0.2, 0.25) is 10.0 Å². The third-order valence-corrected chi connectivity index (χ3v) is 9.07. The first-order valence-corrected chi connectivity index (χ1v) is 15.6. The number of amides is 2. The number of hydrogen-bond donors (Lipinski definition) is 1. The van der Waals surface area contributed by atoms with E-state index in [1.165, 1.54) is 37.3 Å². The van der Waals surface area contributed by atoms with Crippen LogP contribution in [0.5, 0.6) is 11.5 Å². The fourth-order valence-electron chi connectivity index (χ4n) is 4.37. The molecule has 0 saturated carbocycles. The zero-order valence-corrected chi connectivity index (χ0v) is 26.3. The molecule has 12 heteroatoms. The lowest BCUT2D eigenvalue weighted by molar-refractivity contribution is -0.140. The van der Waals surface area contributed by atoms with Crippen LogP contribution in [-0.2, 0) is 26.2 Å². The van der Waals surface area contributed by atoms with Crippen LogP contribution in [0.3, 0.4) is 0 Å². The standard InChI is InChI=1S/C30H35Cl2N3O6S/c1-5-17-33-30(37)26(6-2)34(19-23-24(31)13-10-14-25(23)32)29(36)20-35(21-11-8-7-9-12-21)42(38,39)22-15-16-27(40-3)28(18-22)41-4/h7-16,18,26H,5-6,17,19-20H2,1-4H3,(H,33,37)/t26-/m0/s1.